The van der Waals surface area contributed by atoms with Gasteiger partial charge in [0.15, 0.2) is 0 Å². The van der Waals surface area contributed by atoms with Crippen molar-refractivity contribution >= 4 is 10.0 Å². The van der Waals surface area contributed by atoms with E-state index in [1.807, 2.05) is 0 Å². The van der Waals surface area contributed by atoms with Crippen molar-refractivity contribution in [3.05, 3.63) is 24.5 Å². The highest BCUT2D eigenvalue weighted by Crippen LogP contribution is 2.28. The average Bonchev–Trinajstić information content (AvgIpc) is 2.94. The Morgan fingerprint density at radius 3 is 2.68 bits per heavy atom. The number of pyridine rings is 1. The molecule has 1 aromatic heterocycles. The molecule has 0 unspecified atom stereocenters. The van der Waals surface area contributed by atoms with Crippen LogP contribution in [0, 0.1) is 0 Å². The summed E-state index contributed by atoms with van der Waals surface area (Å²) in [5.74, 6) is 0. The number of sulfonamides is 1. The van der Waals surface area contributed by atoms with Crippen molar-refractivity contribution in [2.24, 2.45) is 5.73 Å². The summed E-state index contributed by atoms with van der Waals surface area (Å²) >= 11 is 0. The van der Waals surface area contributed by atoms with Crippen LogP contribution in [-0.2, 0) is 10.0 Å². The van der Waals surface area contributed by atoms with Gasteiger partial charge in [0.25, 0.3) is 0 Å². The molecular formula is C13H21N3O2S. The van der Waals surface area contributed by atoms with E-state index < -0.39 is 10.0 Å². The van der Waals surface area contributed by atoms with Gasteiger partial charge < -0.3 is 5.73 Å². The van der Waals surface area contributed by atoms with E-state index in [1.54, 1.807) is 22.6 Å². The lowest BCUT2D eigenvalue weighted by Crippen LogP contribution is -2.40. The zero-order valence-electron chi connectivity index (χ0n) is 11.0. The minimum absolute atomic E-state index is 0.122. The van der Waals surface area contributed by atoms with Crippen molar-refractivity contribution < 1.29 is 8.42 Å². The van der Waals surface area contributed by atoms with Crippen LogP contribution in [0.5, 0.6) is 0 Å². The van der Waals surface area contributed by atoms with E-state index in [0.29, 0.717) is 19.5 Å². The van der Waals surface area contributed by atoms with Crippen LogP contribution in [0.2, 0.25) is 0 Å². The number of rotatable bonds is 6. The summed E-state index contributed by atoms with van der Waals surface area (Å²) < 4.78 is 27.0. The van der Waals surface area contributed by atoms with E-state index in [-0.39, 0.29) is 10.9 Å². The summed E-state index contributed by atoms with van der Waals surface area (Å²) in [4.78, 5) is 4.19. The highest BCUT2D eigenvalue weighted by molar-refractivity contribution is 7.89. The molecule has 106 valence electrons. The second-order valence-electron chi connectivity index (χ2n) is 4.88. The zero-order valence-corrected chi connectivity index (χ0v) is 11.8. The topological polar surface area (TPSA) is 76.3 Å². The van der Waals surface area contributed by atoms with Gasteiger partial charge in [-0.05, 0) is 37.9 Å². The lowest BCUT2D eigenvalue weighted by molar-refractivity contribution is 0.320. The molecule has 0 bridgehead atoms. The molecule has 0 saturated heterocycles. The molecule has 2 rings (SSSR count). The van der Waals surface area contributed by atoms with Crippen molar-refractivity contribution in [3.63, 3.8) is 0 Å². The predicted molar refractivity (Wildman–Crippen MR) is 74.1 cm³/mol. The molecule has 19 heavy (non-hydrogen) atoms. The number of nitrogens with two attached hydrogens (primary N) is 1. The fraction of sp³-hybridized carbons (Fsp3) is 0.615. The van der Waals surface area contributed by atoms with Crippen LogP contribution < -0.4 is 5.73 Å². The zero-order chi connectivity index (χ0) is 13.7. The molecule has 0 aromatic carbocycles. The quantitative estimate of drug-likeness (QED) is 0.855. The van der Waals surface area contributed by atoms with E-state index in [2.05, 4.69) is 4.98 Å². The van der Waals surface area contributed by atoms with Gasteiger partial charge in [0, 0.05) is 25.0 Å². The molecule has 1 aliphatic rings. The van der Waals surface area contributed by atoms with Gasteiger partial charge in [-0.25, -0.2) is 8.42 Å². The smallest absolute Gasteiger partial charge is 0.244 e. The van der Waals surface area contributed by atoms with Gasteiger partial charge in [-0.2, -0.15) is 4.31 Å². The van der Waals surface area contributed by atoms with Crippen LogP contribution in [0.4, 0.5) is 0 Å². The van der Waals surface area contributed by atoms with Crippen LogP contribution in [-0.4, -0.2) is 36.8 Å². The molecule has 0 radical (unpaired) electrons. The van der Waals surface area contributed by atoms with Gasteiger partial charge in [0.05, 0.1) is 0 Å². The summed E-state index contributed by atoms with van der Waals surface area (Å²) in [6.07, 6.45) is 7.79. The van der Waals surface area contributed by atoms with Gasteiger partial charge in [0.2, 0.25) is 10.0 Å². The SMILES string of the molecule is NCCCN(C1CCCC1)S(=O)(=O)c1cccnc1. The van der Waals surface area contributed by atoms with Crippen molar-refractivity contribution in [2.75, 3.05) is 13.1 Å². The molecule has 0 amide bonds. The molecule has 0 spiro atoms. The van der Waals surface area contributed by atoms with E-state index in [0.717, 1.165) is 25.7 Å². The van der Waals surface area contributed by atoms with Crippen molar-refractivity contribution in [1.82, 2.24) is 9.29 Å². The summed E-state index contributed by atoms with van der Waals surface area (Å²) in [6.45, 7) is 1.00. The minimum atomic E-state index is -3.44. The van der Waals surface area contributed by atoms with Gasteiger partial charge in [-0.3, -0.25) is 4.98 Å². The molecule has 1 heterocycles. The van der Waals surface area contributed by atoms with Gasteiger partial charge in [-0.15, -0.1) is 0 Å². The molecule has 0 atom stereocenters. The van der Waals surface area contributed by atoms with Crippen LogP contribution in [0.1, 0.15) is 32.1 Å². The Hall–Kier alpha value is -0.980. The second kappa shape index (κ2) is 6.45. The Balaban J connectivity index is 2.25. The van der Waals surface area contributed by atoms with Crippen LogP contribution in [0.3, 0.4) is 0 Å². The first-order chi connectivity index (χ1) is 9.16. The van der Waals surface area contributed by atoms with Crippen molar-refractivity contribution in [3.8, 4) is 0 Å². The number of hydrogen-bond donors (Lipinski definition) is 1. The molecular weight excluding hydrogens is 262 g/mol. The van der Waals surface area contributed by atoms with E-state index in [1.165, 1.54) is 6.20 Å². The third-order valence-corrected chi connectivity index (χ3v) is 5.49. The van der Waals surface area contributed by atoms with Gasteiger partial charge in [0.1, 0.15) is 4.90 Å². The number of hydrogen-bond acceptors (Lipinski definition) is 4. The molecule has 1 saturated carbocycles. The fourth-order valence-electron chi connectivity index (χ4n) is 2.57. The first kappa shape index (κ1) is 14.4. The third kappa shape index (κ3) is 3.32. The van der Waals surface area contributed by atoms with E-state index in [9.17, 15) is 8.42 Å². The lowest BCUT2D eigenvalue weighted by Gasteiger charge is -2.27. The Bertz CT molecular complexity index is 484. The molecule has 1 fully saturated rings. The molecule has 1 aliphatic carbocycles. The van der Waals surface area contributed by atoms with E-state index in [4.69, 9.17) is 5.73 Å². The van der Waals surface area contributed by atoms with Crippen LogP contribution in [0.25, 0.3) is 0 Å². The highest BCUT2D eigenvalue weighted by atomic mass is 32.2. The Morgan fingerprint density at radius 2 is 2.11 bits per heavy atom. The largest absolute Gasteiger partial charge is 0.330 e. The molecule has 6 heteroatoms. The third-order valence-electron chi connectivity index (χ3n) is 3.56. The monoisotopic (exact) mass is 283 g/mol. The Morgan fingerprint density at radius 1 is 1.37 bits per heavy atom. The maximum Gasteiger partial charge on any atom is 0.244 e. The van der Waals surface area contributed by atoms with Crippen LogP contribution >= 0.6 is 0 Å². The standard InChI is InChI=1S/C13H21N3O2S/c14-8-4-10-16(12-5-1-2-6-12)19(17,18)13-7-3-9-15-11-13/h3,7,9,11-12H,1-2,4-6,8,10,14H2. The summed E-state index contributed by atoms with van der Waals surface area (Å²) in [5.41, 5.74) is 5.52. The van der Waals surface area contributed by atoms with Crippen molar-refractivity contribution in [1.29, 1.82) is 0 Å². The van der Waals surface area contributed by atoms with Gasteiger partial charge >= 0.3 is 0 Å². The summed E-state index contributed by atoms with van der Waals surface area (Å²) in [7, 11) is -3.44. The molecule has 5 nitrogen and oxygen atoms in total. The first-order valence-corrected chi connectivity index (χ1v) is 8.22. The maximum atomic E-state index is 12.7. The summed E-state index contributed by atoms with van der Waals surface area (Å²) in [5, 5.41) is 0. The Labute approximate surface area is 114 Å². The second-order valence-corrected chi connectivity index (χ2v) is 6.78. The van der Waals surface area contributed by atoms with Crippen molar-refractivity contribution in [2.45, 2.75) is 43.0 Å². The predicted octanol–water partition coefficient (Wildman–Crippen LogP) is 1.36. The molecule has 0 aliphatic heterocycles. The normalized spacial score (nSPS) is 17.2. The van der Waals surface area contributed by atoms with Crippen LogP contribution in [0.15, 0.2) is 29.4 Å². The lowest BCUT2D eigenvalue weighted by atomic mass is 10.2. The first-order valence-electron chi connectivity index (χ1n) is 6.78. The number of aromatic nitrogens is 1. The fourth-order valence-corrected chi connectivity index (χ4v) is 4.26. The van der Waals surface area contributed by atoms with Gasteiger partial charge in [-0.1, -0.05) is 12.8 Å². The number of nitrogens with zero attached hydrogens (tertiary/aromatic N) is 2. The van der Waals surface area contributed by atoms with E-state index >= 15 is 0 Å². The molecule has 1 aromatic rings. The minimum Gasteiger partial charge on any atom is -0.330 e. The highest BCUT2D eigenvalue weighted by Gasteiger charge is 2.32. The molecule has 2 N–H and O–H groups in total. The summed E-state index contributed by atoms with van der Waals surface area (Å²) in [6, 6.07) is 3.38. The Kier molecular flexibility index (Phi) is 4.90. The maximum absolute atomic E-state index is 12.7. The average molecular weight is 283 g/mol.